The molecule has 0 radical (unpaired) electrons. The lowest BCUT2D eigenvalue weighted by atomic mass is 10.1. The molecule has 0 saturated carbocycles. The van der Waals surface area contributed by atoms with Crippen LogP contribution in [0.1, 0.15) is 19.8 Å². The van der Waals surface area contributed by atoms with E-state index < -0.39 is 12.5 Å². The zero-order valence-corrected chi connectivity index (χ0v) is 5.36. The minimum absolute atomic E-state index is 0.0182. The zero-order chi connectivity index (χ0) is 6.91. The monoisotopic (exact) mass is 136 g/mol. The lowest BCUT2D eigenvalue weighted by molar-refractivity contribution is -0.138. The minimum Gasteiger partial charge on any atom is -0.372 e. The Morgan fingerprint density at radius 3 is 2.56 bits per heavy atom. The summed E-state index contributed by atoms with van der Waals surface area (Å²) in [6.45, 7) is 1.42. The number of alkyl halides is 2. The number of rotatable bonds is 0. The summed E-state index contributed by atoms with van der Waals surface area (Å²) in [4.78, 5) is 0. The highest BCUT2D eigenvalue weighted by Gasteiger charge is 2.34. The number of hydrogen-bond acceptors (Lipinski definition) is 1. The van der Waals surface area contributed by atoms with Crippen LogP contribution < -0.4 is 0 Å². The van der Waals surface area contributed by atoms with Crippen molar-refractivity contribution < 1.29 is 13.5 Å². The van der Waals surface area contributed by atoms with Crippen LogP contribution >= 0.6 is 0 Å². The summed E-state index contributed by atoms with van der Waals surface area (Å²) in [6.07, 6.45) is 0.478. The second-order valence-electron chi connectivity index (χ2n) is 2.52. The van der Waals surface area contributed by atoms with Crippen molar-refractivity contribution in [1.29, 1.82) is 0 Å². The highest BCUT2D eigenvalue weighted by Crippen LogP contribution is 2.27. The van der Waals surface area contributed by atoms with E-state index in [1.807, 2.05) is 6.92 Å². The van der Waals surface area contributed by atoms with Gasteiger partial charge in [0.15, 0.2) is 0 Å². The smallest absolute Gasteiger partial charge is 0.271 e. The van der Waals surface area contributed by atoms with Crippen LogP contribution in [0.25, 0.3) is 0 Å². The molecule has 1 saturated heterocycles. The number of ether oxygens (including phenoxy) is 1. The highest BCUT2D eigenvalue weighted by atomic mass is 19.3. The Kier molecular flexibility index (Phi) is 1.70. The summed E-state index contributed by atoms with van der Waals surface area (Å²) >= 11 is 0. The molecule has 1 unspecified atom stereocenters. The Labute approximate surface area is 53.0 Å². The molecule has 0 N–H and O–H groups in total. The second kappa shape index (κ2) is 2.21. The normalized spacial score (nSPS) is 34.3. The van der Waals surface area contributed by atoms with Crippen LogP contribution in [0.3, 0.4) is 0 Å². The van der Waals surface area contributed by atoms with Crippen molar-refractivity contribution in [3.05, 3.63) is 0 Å². The lowest BCUT2D eigenvalue weighted by Crippen LogP contribution is -2.33. The second-order valence-corrected chi connectivity index (χ2v) is 2.52. The van der Waals surface area contributed by atoms with E-state index in [9.17, 15) is 8.78 Å². The van der Waals surface area contributed by atoms with Gasteiger partial charge in [0.05, 0.1) is 6.10 Å². The van der Waals surface area contributed by atoms with Crippen LogP contribution in [-0.2, 0) is 4.74 Å². The summed E-state index contributed by atoms with van der Waals surface area (Å²) < 4.78 is 29.2. The Bertz CT molecular complexity index is 93.2. The average molecular weight is 136 g/mol. The quantitative estimate of drug-likeness (QED) is 0.493. The zero-order valence-electron chi connectivity index (χ0n) is 5.36. The largest absolute Gasteiger partial charge is 0.372 e. The van der Waals surface area contributed by atoms with Crippen LogP contribution in [0, 0.1) is 0 Å². The molecule has 0 aliphatic carbocycles. The maximum Gasteiger partial charge on any atom is 0.271 e. The van der Waals surface area contributed by atoms with Crippen molar-refractivity contribution in [2.75, 3.05) is 6.61 Å². The fraction of sp³-hybridized carbons (Fsp3) is 1.00. The molecule has 1 aliphatic heterocycles. The van der Waals surface area contributed by atoms with Gasteiger partial charge in [-0.2, -0.15) is 0 Å². The molecule has 1 nitrogen and oxygen atoms in total. The molecule has 9 heavy (non-hydrogen) atoms. The van der Waals surface area contributed by atoms with E-state index in [2.05, 4.69) is 0 Å². The molecule has 0 bridgehead atoms. The van der Waals surface area contributed by atoms with Crippen LogP contribution in [0.15, 0.2) is 0 Å². The van der Waals surface area contributed by atoms with Crippen molar-refractivity contribution in [3.8, 4) is 0 Å². The third-order valence-electron chi connectivity index (χ3n) is 1.50. The first kappa shape index (κ1) is 6.93. The van der Waals surface area contributed by atoms with Crippen molar-refractivity contribution in [2.24, 2.45) is 0 Å². The van der Waals surface area contributed by atoms with E-state index in [0.717, 1.165) is 0 Å². The van der Waals surface area contributed by atoms with Gasteiger partial charge in [-0.15, -0.1) is 0 Å². The molecule has 1 rings (SSSR count). The molecule has 1 atom stereocenters. The molecular formula is C6H10F2O. The topological polar surface area (TPSA) is 9.23 Å². The molecule has 0 amide bonds. The molecular weight excluding hydrogens is 126 g/mol. The Morgan fingerprint density at radius 2 is 2.22 bits per heavy atom. The fourth-order valence-electron chi connectivity index (χ4n) is 0.834. The minimum atomic E-state index is -2.56. The van der Waals surface area contributed by atoms with E-state index in [1.165, 1.54) is 0 Å². The molecule has 1 fully saturated rings. The van der Waals surface area contributed by atoms with Crippen LogP contribution in [-0.4, -0.2) is 18.6 Å². The van der Waals surface area contributed by atoms with E-state index in [4.69, 9.17) is 4.74 Å². The van der Waals surface area contributed by atoms with Gasteiger partial charge in [-0.25, -0.2) is 8.78 Å². The number of hydrogen-bond donors (Lipinski definition) is 0. The van der Waals surface area contributed by atoms with Crippen molar-refractivity contribution in [2.45, 2.75) is 31.8 Å². The van der Waals surface area contributed by atoms with E-state index in [1.54, 1.807) is 0 Å². The van der Waals surface area contributed by atoms with Gasteiger partial charge in [0.2, 0.25) is 0 Å². The first-order chi connectivity index (χ1) is 4.10. The summed E-state index contributed by atoms with van der Waals surface area (Å²) in [5.41, 5.74) is 0. The molecule has 1 aliphatic rings. The third-order valence-corrected chi connectivity index (χ3v) is 1.50. The highest BCUT2D eigenvalue weighted by molar-refractivity contribution is 4.72. The third kappa shape index (κ3) is 1.90. The van der Waals surface area contributed by atoms with E-state index in [-0.39, 0.29) is 12.5 Å². The summed E-state index contributed by atoms with van der Waals surface area (Å²) in [6, 6.07) is 0. The maximum absolute atomic E-state index is 12.3. The first-order valence-electron chi connectivity index (χ1n) is 3.10. The van der Waals surface area contributed by atoms with Gasteiger partial charge in [-0.1, -0.05) is 0 Å². The standard InChI is InChI=1S/C6H10F2O/c1-5-2-3-6(7,8)4-9-5/h5H,2-4H2,1H3. The van der Waals surface area contributed by atoms with Gasteiger partial charge in [-0.05, 0) is 13.3 Å². The Balaban J connectivity index is 2.35. The van der Waals surface area contributed by atoms with Gasteiger partial charge in [-0.3, -0.25) is 0 Å². The summed E-state index contributed by atoms with van der Waals surface area (Å²) in [5, 5.41) is 0. The molecule has 0 spiro atoms. The molecule has 0 aromatic rings. The van der Waals surface area contributed by atoms with E-state index >= 15 is 0 Å². The predicted molar refractivity (Wildman–Crippen MR) is 29.6 cm³/mol. The predicted octanol–water partition coefficient (Wildman–Crippen LogP) is 1.82. The van der Waals surface area contributed by atoms with Crippen molar-refractivity contribution in [3.63, 3.8) is 0 Å². The van der Waals surface area contributed by atoms with Gasteiger partial charge >= 0.3 is 0 Å². The summed E-state index contributed by atoms with van der Waals surface area (Å²) in [5.74, 6) is -2.56. The Morgan fingerprint density at radius 1 is 1.56 bits per heavy atom. The molecule has 54 valence electrons. The molecule has 0 aromatic heterocycles. The first-order valence-corrected chi connectivity index (χ1v) is 3.10. The van der Waals surface area contributed by atoms with E-state index in [0.29, 0.717) is 6.42 Å². The molecule has 1 heterocycles. The maximum atomic E-state index is 12.3. The van der Waals surface area contributed by atoms with Gasteiger partial charge in [0.25, 0.3) is 5.92 Å². The Hall–Kier alpha value is -0.180. The summed E-state index contributed by atoms with van der Waals surface area (Å²) in [7, 11) is 0. The van der Waals surface area contributed by atoms with Crippen molar-refractivity contribution in [1.82, 2.24) is 0 Å². The van der Waals surface area contributed by atoms with Crippen molar-refractivity contribution >= 4 is 0 Å². The molecule has 3 heteroatoms. The fourth-order valence-corrected chi connectivity index (χ4v) is 0.834. The van der Waals surface area contributed by atoms with Gasteiger partial charge < -0.3 is 4.74 Å². The molecule has 0 aromatic carbocycles. The SMILES string of the molecule is CC1CCC(F)(F)CO1. The average Bonchev–Trinajstić information content (AvgIpc) is 1.78. The van der Waals surface area contributed by atoms with Gasteiger partial charge in [0, 0.05) is 6.42 Å². The lowest BCUT2D eigenvalue weighted by Gasteiger charge is -2.26. The van der Waals surface area contributed by atoms with Gasteiger partial charge in [0.1, 0.15) is 6.61 Å². The van der Waals surface area contributed by atoms with Crippen LogP contribution in [0.2, 0.25) is 0 Å². The number of halogens is 2. The van der Waals surface area contributed by atoms with Crippen LogP contribution in [0.5, 0.6) is 0 Å². The van der Waals surface area contributed by atoms with Crippen LogP contribution in [0.4, 0.5) is 8.78 Å².